The molecule has 2 aromatic rings. The van der Waals surface area contributed by atoms with Gasteiger partial charge in [0.15, 0.2) is 0 Å². The molecule has 2 amide bonds. The van der Waals surface area contributed by atoms with Crippen molar-refractivity contribution < 1.29 is 14.6 Å². The van der Waals surface area contributed by atoms with Crippen LogP contribution >= 0.6 is 0 Å². The normalized spacial score (nSPS) is 15.3. The van der Waals surface area contributed by atoms with Gasteiger partial charge >= 0.3 is 6.03 Å². The molecule has 5 heteroatoms. The van der Waals surface area contributed by atoms with Gasteiger partial charge in [-0.3, -0.25) is 0 Å². The average molecular weight is 312 g/mol. The molecule has 3 rings (SSSR count). The third-order valence-electron chi connectivity index (χ3n) is 3.95. The van der Waals surface area contributed by atoms with E-state index < -0.39 is 5.60 Å². The Balaban J connectivity index is 1.50. The molecule has 1 aliphatic rings. The Morgan fingerprint density at radius 1 is 1.04 bits per heavy atom. The van der Waals surface area contributed by atoms with Crippen molar-refractivity contribution in [3.63, 3.8) is 0 Å². The van der Waals surface area contributed by atoms with Gasteiger partial charge < -0.3 is 20.5 Å². The van der Waals surface area contributed by atoms with E-state index in [4.69, 9.17) is 4.74 Å². The summed E-state index contributed by atoms with van der Waals surface area (Å²) in [7, 11) is 0. The number of benzene rings is 2. The molecule has 1 aliphatic carbocycles. The van der Waals surface area contributed by atoms with E-state index >= 15 is 0 Å². The van der Waals surface area contributed by atoms with Crippen LogP contribution in [-0.2, 0) is 0 Å². The molecular formula is C18H20N2O3. The van der Waals surface area contributed by atoms with Crippen LogP contribution in [0.3, 0.4) is 0 Å². The molecule has 5 nitrogen and oxygen atoms in total. The van der Waals surface area contributed by atoms with Gasteiger partial charge in [0.2, 0.25) is 0 Å². The number of nitrogens with one attached hydrogen (secondary N) is 2. The number of rotatable bonds is 5. The molecule has 120 valence electrons. The van der Waals surface area contributed by atoms with E-state index in [-0.39, 0.29) is 12.6 Å². The van der Waals surface area contributed by atoms with Crippen LogP contribution in [0.2, 0.25) is 0 Å². The van der Waals surface area contributed by atoms with Crippen molar-refractivity contribution in [1.82, 2.24) is 5.32 Å². The summed E-state index contributed by atoms with van der Waals surface area (Å²) in [4.78, 5) is 11.8. The molecular weight excluding hydrogens is 292 g/mol. The Hall–Kier alpha value is -2.53. The van der Waals surface area contributed by atoms with Crippen molar-refractivity contribution in [2.45, 2.75) is 24.9 Å². The predicted octanol–water partition coefficient (Wildman–Crippen LogP) is 3.52. The molecule has 23 heavy (non-hydrogen) atoms. The summed E-state index contributed by atoms with van der Waals surface area (Å²) in [6, 6.07) is 16.3. The number of carbonyl (C=O) groups excluding carboxylic acids is 1. The Kier molecular flexibility index (Phi) is 4.48. The Morgan fingerprint density at radius 2 is 1.70 bits per heavy atom. The molecule has 0 saturated heterocycles. The summed E-state index contributed by atoms with van der Waals surface area (Å²) >= 11 is 0. The maximum Gasteiger partial charge on any atom is 0.319 e. The van der Waals surface area contributed by atoms with Gasteiger partial charge in [-0.25, -0.2) is 4.79 Å². The highest BCUT2D eigenvalue weighted by atomic mass is 16.5. The molecule has 0 spiro atoms. The van der Waals surface area contributed by atoms with Crippen LogP contribution < -0.4 is 15.4 Å². The Bertz CT molecular complexity index is 652. The van der Waals surface area contributed by atoms with E-state index in [1.807, 2.05) is 30.3 Å². The van der Waals surface area contributed by atoms with Gasteiger partial charge in [-0.2, -0.15) is 0 Å². The number of ether oxygens (including phenoxy) is 1. The molecule has 0 bridgehead atoms. The lowest BCUT2D eigenvalue weighted by molar-refractivity contribution is -0.0287. The van der Waals surface area contributed by atoms with E-state index in [0.29, 0.717) is 11.4 Å². The molecule has 0 heterocycles. The number of carbonyl (C=O) groups is 1. The smallest absolute Gasteiger partial charge is 0.319 e. The SMILES string of the molecule is O=C(NCC1(O)CCC1)Nc1ccc(Oc2ccccc2)cc1. The van der Waals surface area contributed by atoms with Crippen LogP contribution in [0, 0.1) is 0 Å². The van der Waals surface area contributed by atoms with Gasteiger partial charge in [-0.05, 0) is 55.7 Å². The van der Waals surface area contributed by atoms with Crippen LogP contribution in [0.4, 0.5) is 10.5 Å². The molecule has 0 aliphatic heterocycles. The van der Waals surface area contributed by atoms with Crippen LogP contribution in [0.5, 0.6) is 11.5 Å². The number of amides is 2. The fourth-order valence-electron chi connectivity index (χ4n) is 2.41. The molecule has 2 aromatic carbocycles. The van der Waals surface area contributed by atoms with E-state index in [9.17, 15) is 9.90 Å². The van der Waals surface area contributed by atoms with E-state index in [0.717, 1.165) is 25.0 Å². The minimum atomic E-state index is -0.718. The van der Waals surface area contributed by atoms with Gasteiger partial charge in [0, 0.05) is 12.2 Å². The quantitative estimate of drug-likeness (QED) is 0.791. The second-order valence-electron chi connectivity index (χ2n) is 5.83. The second kappa shape index (κ2) is 6.71. The maximum atomic E-state index is 11.8. The molecule has 0 radical (unpaired) electrons. The highest BCUT2D eigenvalue weighted by molar-refractivity contribution is 5.89. The third kappa shape index (κ3) is 4.23. The predicted molar refractivity (Wildman–Crippen MR) is 88.8 cm³/mol. The first kappa shape index (κ1) is 15.4. The lowest BCUT2D eigenvalue weighted by Gasteiger charge is -2.36. The molecule has 3 N–H and O–H groups in total. The summed E-state index contributed by atoms with van der Waals surface area (Å²) < 4.78 is 5.69. The molecule has 0 unspecified atom stereocenters. The standard InChI is InChI=1S/C18H20N2O3/c21-17(19-13-18(22)11-4-12-18)20-14-7-9-16(10-8-14)23-15-5-2-1-3-6-15/h1-3,5-10,22H,4,11-13H2,(H2,19,20,21). The van der Waals surface area contributed by atoms with Crippen LogP contribution in [0.25, 0.3) is 0 Å². The van der Waals surface area contributed by atoms with Crippen LogP contribution in [-0.4, -0.2) is 23.3 Å². The van der Waals surface area contributed by atoms with Crippen LogP contribution in [0.15, 0.2) is 54.6 Å². The Labute approximate surface area is 135 Å². The van der Waals surface area contributed by atoms with Crippen molar-refractivity contribution in [3.8, 4) is 11.5 Å². The molecule has 0 aromatic heterocycles. The van der Waals surface area contributed by atoms with E-state index in [1.165, 1.54) is 0 Å². The summed E-state index contributed by atoms with van der Waals surface area (Å²) in [6.45, 7) is 0.286. The molecule has 1 saturated carbocycles. The van der Waals surface area contributed by atoms with Crippen molar-refractivity contribution in [3.05, 3.63) is 54.6 Å². The van der Waals surface area contributed by atoms with Gasteiger partial charge in [-0.15, -0.1) is 0 Å². The van der Waals surface area contributed by atoms with Crippen molar-refractivity contribution in [2.75, 3.05) is 11.9 Å². The maximum absolute atomic E-state index is 11.8. The summed E-state index contributed by atoms with van der Waals surface area (Å²) in [5, 5.41) is 15.4. The zero-order valence-electron chi connectivity index (χ0n) is 12.8. The fraction of sp³-hybridized carbons (Fsp3) is 0.278. The zero-order valence-corrected chi connectivity index (χ0v) is 12.8. The number of hydrogen-bond acceptors (Lipinski definition) is 3. The number of hydrogen-bond donors (Lipinski definition) is 3. The zero-order chi connectivity index (χ0) is 16.1. The fourth-order valence-corrected chi connectivity index (χ4v) is 2.41. The van der Waals surface area contributed by atoms with Crippen molar-refractivity contribution >= 4 is 11.7 Å². The van der Waals surface area contributed by atoms with Crippen molar-refractivity contribution in [2.24, 2.45) is 0 Å². The topological polar surface area (TPSA) is 70.6 Å². The van der Waals surface area contributed by atoms with Gasteiger partial charge in [-0.1, -0.05) is 18.2 Å². The Morgan fingerprint density at radius 3 is 2.30 bits per heavy atom. The van der Waals surface area contributed by atoms with Gasteiger partial charge in [0.05, 0.1) is 5.60 Å². The van der Waals surface area contributed by atoms with E-state index in [2.05, 4.69) is 10.6 Å². The number of para-hydroxylation sites is 1. The minimum absolute atomic E-state index is 0.286. The van der Waals surface area contributed by atoms with Gasteiger partial charge in [0.25, 0.3) is 0 Å². The first-order chi connectivity index (χ1) is 11.1. The number of aliphatic hydroxyl groups is 1. The largest absolute Gasteiger partial charge is 0.457 e. The van der Waals surface area contributed by atoms with Crippen molar-refractivity contribution in [1.29, 1.82) is 0 Å². The highest BCUT2D eigenvalue weighted by Crippen LogP contribution is 2.30. The summed E-state index contributed by atoms with van der Waals surface area (Å²) in [6.07, 6.45) is 2.51. The van der Waals surface area contributed by atoms with E-state index in [1.54, 1.807) is 24.3 Å². The molecule has 1 fully saturated rings. The molecule has 0 atom stereocenters. The lowest BCUT2D eigenvalue weighted by atomic mass is 9.80. The van der Waals surface area contributed by atoms with Crippen LogP contribution in [0.1, 0.15) is 19.3 Å². The second-order valence-corrected chi connectivity index (χ2v) is 5.83. The average Bonchev–Trinajstić information content (AvgIpc) is 2.54. The summed E-state index contributed by atoms with van der Waals surface area (Å²) in [5.41, 5.74) is -0.0476. The minimum Gasteiger partial charge on any atom is -0.457 e. The van der Waals surface area contributed by atoms with Gasteiger partial charge in [0.1, 0.15) is 11.5 Å². The summed E-state index contributed by atoms with van der Waals surface area (Å²) in [5.74, 6) is 1.46. The highest BCUT2D eigenvalue weighted by Gasteiger charge is 2.34. The third-order valence-corrected chi connectivity index (χ3v) is 3.95. The monoisotopic (exact) mass is 312 g/mol. The number of urea groups is 1. The number of anilines is 1. The first-order valence-corrected chi connectivity index (χ1v) is 7.73. The first-order valence-electron chi connectivity index (χ1n) is 7.73. The lowest BCUT2D eigenvalue weighted by Crippen LogP contribution is -2.48.